The molecule has 0 spiro atoms. The van der Waals surface area contributed by atoms with E-state index in [1.54, 1.807) is 0 Å². The summed E-state index contributed by atoms with van der Waals surface area (Å²) in [4.78, 5) is 11.7. The minimum Gasteiger partial charge on any atom is -0.271 e. The van der Waals surface area contributed by atoms with Crippen molar-refractivity contribution in [2.24, 2.45) is 0 Å². The summed E-state index contributed by atoms with van der Waals surface area (Å²) in [6, 6.07) is 7.57. The van der Waals surface area contributed by atoms with E-state index in [-0.39, 0.29) is 5.91 Å². The van der Waals surface area contributed by atoms with Crippen LogP contribution < -0.4 is 3.93 Å². The lowest BCUT2D eigenvalue weighted by molar-refractivity contribution is -0.116. The topological polar surface area (TPSA) is 20.3 Å². The Morgan fingerprint density at radius 1 is 1.23 bits per heavy atom. The number of para-hydroxylation sites is 1. The summed E-state index contributed by atoms with van der Waals surface area (Å²) >= 11 is 9.89. The molecule has 1 aliphatic rings. The van der Waals surface area contributed by atoms with Crippen LogP contribution in [0, 0.1) is 0 Å². The molecule has 68 valence electrons. The molecule has 0 fully saturated rings. The molecule has 0 aliphatic carbocycles. The maximum Gasteiger partial charge on any atom is 0.269 e. The number of anilines is 1. The zero-order chi connectivity index (χ0) is 9.64. The Hall–Kier alpha value is 0.130. The van der Waals surface area contributed by atoms with Crippen LogP contribution in [0.25, 0.3) is 0 Å². The molecule has 1 amide bonds. The van der Waals surface area contributed by atoms with E-state index in [0.29, 0.717) is 0 Å². The van der Waals surface area contributed by atoms with Crippen LogP contribution >= 0.6 is 48.0 Å². The summed E-state index contributed by atoms with van der Waals surface area (Å²) in [5, 5.41) is 0. The van der Waals surface area contributed by atoms with Gasteiger partial charge in [0, 0.05) is 5.56 Å². The molecule has 2 nitrogen and oxygen atoms in total. The van der Waals surface area contributed by atoms with E-state index < -0.39 is 3.23 Å². The van der Waals surface area contributed by atoms with Crippen LogP contribution in [-0.4, -0.2) is 5.91 Å². The minimum absolute atomic E-state index is 0.0753. The smallest absolute Gasteiger partial charge is 0.269 e. The van der Waals surface area contributed by atoms with Crippen LogP contribution in [0.3, 0.4) is 0 Å². The first kappa shape index (κ1) is 9.68. The fourth-order valence-electron chi connectivity index (χ4n) is 1.26. The number of carbonyl (C=O) groups excluding carboxylic acids is 1. The third kappa shape index (κ3) is 1.28. The molecule has 1 aromatic carbocycles. The highest BCUT2D eigenvalue weighted by molar-refractivity contribution is 9.25. The van der Waals surface area contributed by atoms with Crippen molar-refractivity contribution >= 4 is 59.6 Å². The lowest BCUT2D eigenvalue weighted by atomic mass is 10.2. The Morgan fingerprint density at radius 3 is 2.46 bits per heavy atom. The van der Waals surface area contributed by atoms with E-state index in [1.165, 1.54) is 3.93 Å². The standard InChI is InChI=1S/C8H4Br3NO/c9-8(10)5-3-1-2-4-6(5)12(11)7(8)13/h1-4H. The van der Waals surface area contributed by atoms with E-state index in [2.05, 4.69) is 48.0 Å². The number of halogens is 3. The summed E-state index contributed by atoms with van der Waals surface area (Å²) < 4.78 is 0.673. The maximum atomic E-state index is 11.7. The SMILES string of the molecule is O=C1N(Br)c2ccccc2C1(Br)Br. The number of amides is 1. The maximum absolute atomic E-state index is 11.7. The third-order valence-electron chi connectivity index (χ3n) is 1.90. The molecular weight excluding hydrogens is 366 g/mol. The highest BCUT2D eigenvalue weighted by Crippen LogP contribution is 2.51. The van der Waals surface area contributed by atoms with Crippen LogP contribution in [0.15, 0.2) is 24.3 Å². The molecule has 0 unspecified atom stereocenters. The molecule has 0 bridgehead atoms. The van der Waals surface area contributed by atoms with Crippen molar-refractivity contribution in [3.8, 4) is 0 Å². The van der Waals surface area contributed by atoms with Gasteiger partial charge in [-0.05, 0) is 6.07 Å². The minimum atomic E-state index is -0.778. The Kier molecular flexibility index (Phi) is 2.28. The predicted octanol–water partition coefficient (Wildman–Crippen LogP) is 3.29. The summed E-state index contributed by atoms with van der Waals surface area (Å²) in [7, 11) is 0. The summed E-state index contributed by atoms with van der Waals surface area (Å²) in [6.07, 6.45) is 0. The van der Waals surface area contributed by atoms with Crippen molar-refractivity contribution in [2.75, 3.05) is 3.93 Å². The fourth-order valence-corrected chi connectivity index (χ4v) is 3.33. The Balaban J connectivity index is 2.68. The Bertz CT molecular complexity index is 377. The van der Waals surface area contributed by atoms with Crippen LogP contribution in [0.1, 0.15) is 5.56 Å². The third-order valence-corrected chi connectivity index (χ3v) is 4.14. The van der Waals surface area contributed by atoms with E-state index in [1.807, 2.05) is 24.3 Å². The van der Waals surface area contributed by atoms with Gasteiger partial charge in [-0.2, -0.15) is 0 Å². The first-order valence-electron chi connectivity index (χ1n) is 3.53. The predicted molar refractivity (Wildman–Crippen MR) is 62.4 cm³/mol. The van der Waals surface area contributed by atoms with Crippen LogP contribution in [0.5, 0.6) is 0 Å². The first-order valence-corrected chi connectivity index (χ1v) is 5.82. The van der Waals surface area contributed by atoms with Crippen LogP contribution in [0.4, 0.5) is 5.69 Å². The zero-order valence-electron chi connectivity index (χ0n) is 6.30. The first-order chi connectivity index (χ1) is 6.05. The number of benzene rings is 1. The number of hydrogen-bond acceptors (Lipinski definition) is 1. The average molecular weight is 370 g/mol. The highest BCUT2D eigenvalue weighted by Gasteiger charge is 2.46. The molecule has 0 atom stereocenters. The highest BCUT2D eigenvalue weighted by atomic mass is 79.9. The number of fused-ring (bicyclic) bond motifs is 1. The molecule has 0 radical (unpaired) electrons. The van der Waals surface area contributed by atoms with Crippen molar-refractivity contribution in [2.45, 2.75) is 3.23 Å². The fraction of sp³-hybridized carbons (Fsp3) is 0.125. The summed E-state index contributed by atoms with van der Waals surface area (Å²) in [5.74, 6) is -0.0753. The van der Waals surface area contributed by atoms with Gasteiger partial charge in [0.1, 0.15) is 0 Å². The van der Waals surface area contributed by atoms with Gasteiger partial charge >= 0.3 is 0 Å². The molecule has 0 saturated carbocycles. The normalized spacial score (nSPS) is 19.0. The van der Waals surface area contributed by atoms with Crippen molar-refractivity contribution in [1.82, 2.24) is 0 Å². The van der Waals surface area contributed by atoms with E-state index in [0.717, 1.165) is 11.3 Å². The largest absolute Gasteiger partial charge is 0.271 e. The average Bonchev–Trinajstić information content (AvgIpc) is 2.30. The van der Waals surface area contributed by atoms with Crippen molar-refractivity contribution in [3.05, 3.63) is 29.8 Å². The molecule has 2 rings (SSSR count). The second-order valence-corrected chi connectivity index (χ2v) is 6.83. The van der Waals surface area contributed by atoms with Crippen molar-refractivity contribution in [3.63, 3.8) is 0 Å². The van der Waals surface area contributed by atoms with Gasteiger partial charge in [-0.15, -0.1) is 0 Å². The van der Waals surface area contributed by atoms with Gasteiger partial charge in [-0.3, -0.25) is 4.79 Å². The Labute approximate surface area is 101 Å². The number of nitrogens with zero attached hydrogens (tertiary/aromatic N) is 1. The van der Waals surface area contributed by atoms with Gasteiger partial charge in [0.05, 0.1) is 21.8 Å². The lowest BCUT2D eigenvalue weighted by Crippen LogP contribution is -2.24. The lowest BCUT2D eigenvalue weighted by Gasteiger charge is -2.10. The van der Waals surface area contributed by atoms with Gasteiger partial charge in [0.25, 0.3) is 5.91 Å². The molecule has 1 heterocycles. The quantitative estimate of drug-likeness (QED) is 0.507. The second kappa shape index (κ2) is 3.07. The van der Waals surface area contributed by atoms with Crippen LogP contribution in [-0.2, 0) is 8.03 Å². The molecule has 0 N–H and O–H groups in total. The van der Waals surface area contributed by atoms with Crippen molar-refractivity contribution in [1.29, 1.82) is 0 Å². The van der Waals surface area contributed by atoms with Gasteiger partial charge in [0.15, 0.2) is 3.23 Å². The molecule has 0 saturated heterocycles. The van der Waals surface area contributed by atoms with Crippen molar-refractivity contribution < 1.29 is 4.79 Å². The molecular formula is C8H4Br3NO. The Morgan fingerprint density at radius 2 is 1.85 bits per heavy atom. The van der Waals surface area contributed by atoms with Gasteiger partial charge in [-0.25, -0.2) is 3.93 Å². The number of hydrogen-bond donors (Lipinski definition) is 0. The van der Waals surface area contributed by atoms with E-state index >= 15 is 0 Å². The molecule has 13 heavy (non-hydrogen) atoms. The van der Waals surface area contributed by atoms with E-state index in [4.69, 9.17) is 0 Å². The number of rotatable bonds is 0. The summed E-state index contributed by atoms with van der Waals surface area (Å²) in [5.41, 5.74) is 1.78. The number of alkyl halides is 2. The number of carbonyl (C=O) groups is 1. The zero-order valence-corrected chi connectivity index (χ0v) is 11.1. The molecule has 1 aliphatic heterocycles. The summed E-state index contributed by atoms with van der Waals surface area (Å²) in [6.45, 7) is 0. The van der Waals surface area contributed by atoms with Gasteiger partial charge < -0.3 is 0 Å². The van der Waals surface area contributed by atoms with Gasteiger partial charge in [0.2, 0.25) is 0 Å². The molecule has 5 heteroatoms. The second-order valence-electron chi connectivity index (χ2n) is 2.68. The van der Waals surface area contributed by atoms with Gasteiger partial charge in [-0.1, -0.05) is 50.1 Å². The monoisotopic (exact) mass is 367 g/mol. The molecule has 0 aromatic heterocycles. The van der Waals surface area contributed by atoms with Crippen LogP contribution in [0.2, 0.25) is 0 Å². The van der Waals surface area contributed by atoms with E-state index in [9.17, 15) is 4.79 Å². The molecule has 1 aromatic rings.